The molecule has 2 heterocycles. The normalized spacial score (nSPS) is 20.7. The van der Waals surface area contributed by atoms with Crippen LogP contribution in [0.4, 0.5) is 0 Å². The summed E-state index contributed by atoms with van der Waals surface area (Å²) in [7, 11) is 0. The van der Waals surface area contributed by atoms with Crippen LogP contribution in [0.5, 0.6) is 0 Å². The first-order chi connectivity index (χ1) is 12.0. The minimum atomic E-state index is 0.126. The number of nitrogen functional groups attached to an aromatic ring is 1. The number of carbonyl (C=O) groups is 1. The number of aromatic nitrogens is 3. The van der Waals surface area contributed by atoms with Gasteiger partial charge in [0.1, 0.15) is 0 Å². The lowest BCUT2D eigenvalue weighted by Crippen LogP contribution is -2.48. The molecule has 0 bridgehead atoms. The zero-order chi connectivity index (χ0) is 18.0. The van der Waals surface area contributed by atoms with Crippen LogP contribution in [0.2, 0.25) is 5.02 Å². The number of likely N-dealkylation sites (tertiary alicyclic amines) is 1. The van der Waals surface area contributed by atoms with Crippen LogP contribution >= 0.6 is 23.4 Å². The van der Waals surface area contributed by atoms with E-state index in [1.54, 1.807) is 12.1 Å². The fraction of sp³-hybridized carbons (Fsp3) is 0.471. The van der Waals surface area contributed by atoms with E-state index >= 15 is 0 Å². The van der Waals surface area contributed by atoms with Crippen LogP contribution in [-0.4, -0.2) is 43.5 Å². The number of carbonyl (C=O) groups excluding carboxylic acids is 1. The minimum absolute atomic E-state index is 0.126. The van der Waals surface area contributed by atoms with E-state index in [0.717, 1.165) is 18.4 Å². The van der Waals surface area contributed by atoms with Crippen molar-refractivity contribution in [2.45, 2.75) is 50.4 Å². The number of halogens is 1. The van der Waals surface area contributed by atoms with E-state index in [0.29, 0.717) is 21.8 Å². The maximum atomic E-state index is 12.6. The Kier molecular flexibility index (Phi) is 5.54. The summed E-state index contributed by atoms with van der Waals surface area (Å²) in [5.74, 6) is 7.09. The van der Waals surface area contributed by atoms with Crippen molar-refractivity contribution in [2.75, 3.05) is 11.6 Å². The van der Waals surface area contributed by atoms with Crippen molar-refractivity contribution >= 4 is 29.3 Å². The topological polar surface area (TPSA) is 77.0 Å². The molecule has 0 aliphatic carbocycles. The molecule has 0 spiro atoms. The van der Waals surface area contributed by atoms with Crippen molar-refractivity contribution in [1.29, 1.82) is 0 Å². The Bertz CT molecular complexity index is 738. The quantitative estimate of drug-likeness (QED) is 0.652. The number of piperidine rings is 1. The third kappa shape index (κ3) is 3.93. The van der Waals surface area contributed by atoms with Gasteiger partial charge in [0.2, 0.25) is 11.1 Å². The van der Waals surface area contributed by atoms with Crippen LogP contribution < -0.4 is 5.84 Å². The molecule has 0 radical (unpaired) electrons. The summed E-state index contributed by atoms with van der Waals surface area (Å²) in [5, 5.41) is 9.43. The summed E-state index contributed by atoms with van der Waals surface area (Å²) in [6.07, 6.45) is 3.31. The lowest BCUT2D eigenvalue weighted by molar-refractivity contribution is -0.134. The van der Waals surface area contributed by atoms with E-state index in [1.807, 2.05) is 17.0 Å². The van der Waals surface area contributed by atoms with Gasteiger partial charge < -0.3 is 10.7 Å². The Hall–Kier alpha value is -1.73. The summed E-state index contributed by atoms with van der Waals surface area (Å²) < 4.78 is 1.42. The predicted molar refractivity (Wildman–Crippen MR) is 101 cm³/mol. The predicted octanol–water partition coefficient (Wildman–Crippen LogP) is 3.19. The van der Waals surface area contributed by atoms with Crippen molar-refractivity contribution in [1.82, 2.24) is 19.8 Å². The van der Waals surface area contributed by atoms with Crippen molar-refractivity contribution < 1.29 is 4.79 Å². The lowest BCUT2D eigenvalue weighted by atomic mass is 9.98. The zero-order valence-electron chi connectivity index (χ0n) is 14.4. The molecule has 0 saturated carbocycles. The van der Waals surface area contributed by atoms with Gasteiger partial charge in [0.25, 0.3) is 0 Å². The molecule has 1 aliphatic rings. The lowest BCUT2D eigenvalue weighted by Gasteiger charge is -2.39. The number of nitrogens with two attached hydrogens (primary N) is 1. The monoisotopic (exact) mass is 379 g/mol. The van der Waals surface area contributed by atoms with Crippen LogP contribution in [0.25, 0.3) is 11.4 Å². The Balaban J connectivity index is 1.68. The second-order valence-corrected chi connectivity index (χ2v) is 7.78. The molecule has 6 nitrogen and oxygen atoms in total. The molecule has 25 heavy (non-hydrogen) atoms. The molecular weight excluding hydrogens is 358 g/mol. The van der Waals surface area contributed by atoms with Gasteiger partial charge in [-0.3, -0.25) is 4.79 Å². The molecule has 1 aromatic heterocycles. The van der Waals surface area contributed by atoms with Gasteiger partial charge >= 0.3 is 0 Å². The third-order valence-corrected chi connectivity index (χ3v) is 5.75. The van der Waals surface area contributed by atoms with E-state index in [1.165, 1.54) is 22.9 Å². The van der Waals surface area contributed by atoms with Crippen molar-refractivity contribution in [3.05, 3.63) is 29.3 Å². The first-order valence-corrected chi connectivity index (χ1v) is 9.74. The molecule has 2 N–H and O–H groups in total. The van der Waals surface area contributed by atoms with Crippen molar-refractivity contribution in [2.24, 2.45) is 0 Å². The van der Waals surface area contributed by atoms with Gasteiger partial charge in [-0.05, 0) is 57.4 Å². The van der Waals surface area contributed by atoms with Gasteiger partial charge in [-0.25, -0.2) is 4.68 Å². The number of hydrogen-bond acceptors (Lipinski definition) is 5. The highest BCUT2D eigenvalue weighted by atomic mass is 35.5. The largest absolute Gasteiger partial charge is 0.337 e. The zero-order valence-corrected chi connectivity index (χ0v) is 15.9. The molecule has 1 saturated heterocycles. The maximum Gasteiger partial charge on any atom is 0.233 e. The molecule has 1 aliphatic heterocycles. The summed E-state index contributed by atoms with van der Waals surface area (Å²) in [6.45, 7) is 4.23. The van der Waals surface area contributed by atoms with Crippen LogP contribution in [0.15, 0.2) is 29.4 Å². The molecule has 134 valence electrons. The highest BCUT2D eigenvalue weighted by Crippen LogP contribution is 2.26. The number of rotatable bonds is 4. The molecule has 8 heteroatoms. The Morgan fingerprint density at radius 1 is 1.24 bits per heavy atom. The molecular formula is C17H22ClN5OS. The summed E-state index contributed by atoms with van der Waals surface area (Å²) in [4.78, 5) is 14.6. The molecule has 2 aromatic rings. The molecule has 3 rings (SSSR count). The van der Waals surface area contributed by atoms with Gasteiger partial charge in [-0.1, -0.05) is 23.4 Å². The van der Waals surface area contributed by atoms with Gasteiger partial charge in [-0.15, -0.1) is 10.2 Å². The minimum Gasteiger partial charge on any atom is -0.337 e. The number of amides is 1. The number of benzene rings is 1. The summed E-state index contributed by atoms with van der Waals surface area (Å²) >= 11 is 7.22. The first-order valence-electron chi connectivity index (χ1n) is 8.37. The standard InChI is InChI=1S/C17H22ClN5OS/c1-11-4-3-5-12(2)22(11)15(24)10-25-17-21-20-16(23(17)19)13-6-8-14(18)9-7-13/h6-9,11-12H,3-5,10,19H2,1-2H3/t11-,12+. The van der Waals surface area contributed by atoms with E-state index in [4.69, 9.17) is 17.4 Å². The SMILES string of the molecule is C[C@@H]1CCC[C@H](C)N1C(=O)CSc1nnc(-c2ccc(Cl)cc2)n1N. The molecule has 1 amide bonds. The second-order valence-electron chi connectivity index (χ2n) is 6.40. The van der Waals surface area contributed by atoms with Gasteiger partial charge in [0.15, 0.2) is 5.82 Å². The molecule has 2 atom stereocenters. The number of thioether (sulfide) groups is 1. The van der Waals surface area contributed by atoms with Gasteiger partial charge in [0.05, 0.1) is 5.75 Å². The van der Waals surface area contributed by atoms with Crippen LogP contribution in [0.1, 0.15) is 33.1 Å². The first kappa shape index (κ1) is 18.1. The third-order valence-electron chi connectivity index (χ3n) is 4.57. The van der Waals surface area contributed by atoms with Crippen molar-refractivity contribution in [3.8, 4) is 11.4 Å². The van der Waals surface area contributed by atoms with E-state index in [9.17, 15) is 4.79 Å². The molecule has 1 fully saturated rings. The van der Waals surface area contributed by atoms with E-state index < -0.39 is 0 Å². The Morgan fingerprint density at radius 2 is 1.88 bits per heavy atom. The highest BCUT2D eigenvalue weighted by Gasteiger charge is 2.29. The average Bonchev–Trinajstić information content (AvgIpc) is 2.94. The Labute approximate surface area is 156 Å². The number of hydrogen-bond donors (Lipinski definition) is 1. The molecule has 0 unspecified atom stereocenters. The van der Waals surface area contributed by atoms with Crippen LogP contribution in [-0.2, 0) is 4.79 Å². The van der Waals surface area contributed by atoms with Gasteiger partial charge in [0, 0.05) is 22.7 Å². The highest BCUT2D eigenvalue weighted by molar-refractivity contribution is 7.99. The van der Waals surface area contributed by atoms with Gasteiger partial charge in [-0.2, -0.15) is 0 Å². The maximum absolute atomic E-state index is 12.6. The molecule has 1 aromatic carbocycles. The summed E-state index contributed by atoms with van der Waals surface area (Å²) in [6, 6.07) is 7.82. The van der Waals surface area contributed by atoms with E-state index in [-0.39, 0.29) is 18.0 Å². The fourth-order valence-electron chi connectivity index (χ4n) is 3.28. The second kappa shape index (κ2) is 7.66. The van der Waals surface area contributed by atoms with E-state index in [2.05, 4.69) is 24.0 Å². The van der Waals surface area contributed by atoms with Crippen LogP contribution in [0.3, 0.4) is 0 Å². The number of nitrogens with zero attached hydrogens (tertiary/aromatic N) is 4. The fourth-order valence-corrected chi connectivity index (χ4v) is 4.14. The summed E-state index contributed by atoms with van der Waals surface area (Å²) in [5.41, 5.74) is 0.829. The van der Waals surface area contributed by atoms with Crippen LogP contribution in [0, 0.1) is 0 Å². The average molecular weight is 380 g/mol. The smallest absolute Gasteiger partial charge is 0.233 e. The van der Waals surface area contributed by atoms with Crippen molar-refractivity contribution in [3.63, 3.8) is 0 Å². The Morgan fingerprint density at radius 3 is 2.52 bits per heavy atom.